The summed E-state index contributed by atoms with van der Waals surface area (Å²) in [4.78, 5) is 25.9. The lowest BCUT2D eigenvalue weighted by atomic mass is 9.88. The summed E-state index contributed by atoms with van der Waals surface area (Å²) < 4.78 is 1.39. The fraction of sp³-hybridized carbons (Fsp3) is 0.407. The Labute approximate surface area is 193 Å². The van der Waals surface area contributed by atoms with Gasteiger partial charge in [0.15, 0.2) is 0 Å². The highest BCUT2D eigenvalue weighted by molar-refractivity contribution is 7.17. The summed E-state index contributed by atoms with van der Waals surface area (Å²) in [5, 5.41) is 6.54. The van der Waals surface area contributed by atoms with E-state index >= 15 is 0 Å². The van der Waals surface area contributed by atoms with E-state index in [1.165, 1.54) is 46.9 Å². The number of nitrogens with one attached hydrogen (secondary N) is 1. The number of fused-ring (bicyclic) bond motifs is 1. The van der Waals surface area contributed by atoms with E-state index in [-0.39, 0.29) is 18.4 Å². The van der Waals surface area contributed by atoms with Gasteiger partial charge in [0.1, 0.15) is 0 Å². The van der Waals surface area contributed by atoms with Gasteiger partial charge in [0.25, 0.3) is 5.91 Å². The Bertz CT molecular complexity index is 1120. The monoisotopic (exact) mass is 446 g/mol. The molecule has 5 rings (SSSR count). The number of hydrogen-bond donors (Lipinski definition) is 1. The lowest BCUT2D eigenvalue weighted by molar-refractivity contribution is -0.123. The molecule has 2 heterocycles. The molecule has 2 aliphatic rings. The van der Waals surface area contributed by atoms with Gasteiger partial charge in [-0.15, -0.1) is 11.3 Å². The number of piperazine rings is 1. The van der Waals surface area contributed by atoms with Gasteiger partial charge in [-0.3, -0.25) is 9.59 Å². The summed E-state index contributed by atoms with van der Waals surface area (Å²) in [6.07, 6.45) is 4.97. The Morgan fingerprint density at radius 1 is 1.16 bits per heavy atom. The number of hydrogen-bond acceptors (Lipinski definition) is 3. The van der Waals surface area contributed by atoms with Gasteiger partial charge in [-0.05, 0) is 83.5 Å². The van der Waals surface area contributed by atoms with Gasteiger partial charge in [-0.25, -0.2) is 0 Å². The van der Waals surface area contributed by atoms with Gasteiger partial charge in [0.2, 0.25) is 5.91 Å². The van der Waals surface area contributed by atoms with Crippen molar-refractivity contribution in [3.63, 3.8) is 0 Å². The van der Waals surface area contributed by atoms with Crippen LogP contribution in [0.2, 0.25) is 0 Å². The number of carbonyl (C=O) groups is 2. The maximum Gasteiger partial charge on any atom is 0.254 e. The van der Waals surface area contributed by atoms with Crippen LogP contribution in [0.3, 0.4) is 0 Å². The maximum absolute atomic E-state index is 12.7. The van der Waals surface area contributed by atoms with Crippen LogP contribution >= 0.6 is 11.3 Å². The van der Waals surface area contributed by atoms with Crippen LogP contribution in [0.4, 0.5) is 0 Å². The fourth-order valence-electron chi connectivity index (χ4n) is 5.49. The first kappa shape index (κ1) is 21.2. The zero-order valence-corrected chi connectivity index (χ0v) is 19.4. The Hall–Kier alpha value is -2.66. The van der Waals surface area contributed by atoms with Gasteiger partial charge >= 0.3 is 0 Å². The first-order valence-corrected chi connectivity index (χ1v) is 12.6. The molecule has 0 radical (unpaired) electrons. The first-order valence-electron chi connectivity index (χ1n) is 11.7. The average Bonchev–Trinajstić information content (AvgIpc) is 3.46. The third-order valence-electron chi connectivity index (χ3n) is 7.22. The standard InChI is InChI=1S/C27H30N2O2S/c1-18(24-17-32-25-5-3-2-4-23(24)25)14-19-6-7-22(15-19)20-8-10-21(11-9-20)27(31)29-13-12-28-26(30)16-29/h2-5,8-11,17-19,22H,6-7,12-16H2,1H3,(H,28,30)/t18-,19?,22-/m0/s1. The molecule has 5 heteroatoms. The highest BCUT2D eigenvalue weighted by Gasteiger charge is 2.28. The second-order valence-electron chi connectivity index (χ2n) is 9.40. The highest BCUT2D eigenvalue weighted by atomic mass is 32.1. The molecule has 1 unspecified atom stereocenters. The molecule has 3 atom stereocenters. The number of rotatable bonds is 5. The number of benzene rings is 2. The molecule has 1 saturated heterocycles. The lowest BCUT2D eigenvalue weighted by Crippen LogP contribution is -2.49. The zero-order chi connectivity index (χ0) is 22.1. The molecule has 166 valence electrons. The highest BCUT2D eigenvalue weighted by Crippen LogP contribution is 2.43. The minimum absolute atomic E-state index is 0.0486. The molecule has 3 aromatic rings. The zero-order valence-electron chi connectivity index (χ0n) is 18.5. The summed E-state index contributed by atoms with van der Waals surface area (Å²) in [6, 6.07) is 16.9. The molecular weight excluding hydrogens is 416 g/mol. The molecule has 1 aromatic heterocycles. The molecule has 1 aliphatic heterocycles. The Balaban J connectivity index is 1.20. The molecule has 2 aromatic carbocycles. The van der Waals surface area contributed by atoms with Crippen molar-refractivity contribution in [2.75, 3.05) is 19.6 Å². The van der Waals surface area contributed by atoms with E-state index < -0.39 is 0 Å². The van der Waals surface area contributed by atoms with E-state index in [1.54, 1.807) is 4.90 Å². The molecule has 1 saturated carbocycles. The number of nitrogens with zero attached hydrogens (tertiary/aromatic N) is 1. The van der Waals surface area contributed by atoms with Crippen molar-refractivity contribution in [1.29, 1.82) is 0 Å². The van der Waals surface area contributed by atoms with Gasteiger partial charge in [-0.2, -0.15) is 0 Å². The van der Waals surface area contributed by atoms with E-state index in [0.717, 1.165) is 5.92 Å². The van der Waals surface area contributed by atoms with Crippen molar-refractivity contribution < 1.29 is 9.59 Å². The first-order chi connectivity index (χ1) is 15.6. The van der Waals surface area contributed by atoms with Crippen LogP contribution < -0.4 is 5.32 Å². The molecule has 2 amide bonds. The van der Waals surface area contributed by atoms with E-state index in [9.17, 15) is 9.59 Å². The van der Waals surface area contributed by atoms with Gasteiger partial charge in [0.05, 0.1) is 6.54 Å². The van der Waals surface area contributed by atoms with Gasteiger partial charge in [-0.1, -0.05) is 37.3 Å². The molecule has 32 heavy (non-hydrogen) atoms. The minimum Gasteiger partial charge on any atom is -0.353 e. The Morgan fingerprint density at radius 3 is 2.78 bits per heavy atom. The van der Waals surface area contributed by atoms with Gasteiger partial charge < -0.3 is 10.2 Å². The van der Waals surface area contributed by atoms with E-state index in [4.69, 9.17) is 0 Å². The van der Waals surface area contributed by atoms with Crippen molar-refractivity contribution in [2.24, 2.45) is 5.92 Å². The lowest BCUT2D eigenvalue weighted by Gasteiger charge is -2.26. The van der Waals surface area contributed by atoms with Crippen molar-refractivity contribution in [2.45, 2.75) is 44.4 Å². The van der Waals surface area contributed by atoms with E-state index in [0.29, 0.717) is 30.5 Å². The summed E-state index contributed by atoms with van der Waals surface area (Å²) in [6.45, 7) is 3.64. The SMILES string of the molecule is C[C@@H](CC1CC[C@H](c2ccc(C(=O)N3CCNC(=O)C3)cc2)C1)c1csc2ccccc12. The summed E-state index contributed by atoms with van der Waals surface area (Å²) in [5.74, 6) is 1.78. The van der Waals surface area contributed by atoms with Crippen LogP contribution in [0.1, 0.15) is 65.9 Å². The van der Waals surface area contributed by atoms with Crippen molar-refractivity contribution >= 4 is 33.2 Å². The predicted octanol–water partition coefficient (Wildman–Crippen LogP) is 5.55. The summed E-state index contributed by atoms with van der Waals surface area (Å²) in [5.41, 5.74) is 3.52. The average molecular weight is 447 g/mol. The number of carbonyl (C=O) groups excluding carboxylic acids is 2. The smallest absolute Gasteiger partial charge is 0.254 e. The molecular formula is C27H30N2O2S. The van der Waals surface area contributed by atoms with Crippen molar-refractivity contribution in [3.05, 3.63) is 70.6 Å². The molecule has 1 N–H and O–H groups in total. The molecule has 1 aliphatic carbocycles. The topological polar surface area (TPSA) is 49.4 Å². The molecule has 0 spiro atoms. The maximum atomic E-state index is 12.7. The van der Waals surface area contributed by atoms with Crippen LogP contribution in [0, 0.1) is 5.92 Å². The third-order valence-corrected chi connectivity index (χ3v) is 8.21. The van der Waals surface area contributed by atoms with Crippen LogP contribution in [0.5, 0.6) is 0 Å². The molecule has 4 nitrogen and oxygen atoms in total. The van der Waals surface area contributed by atoms with E-state index in [1.807, 2.05) is 23.5 Å². The summed E-state index contributed by atoms with van der Waals surface area (Å²) >= 11 is 1.86. The Kier molecular flexibility index (Phi) is 6.01. The van der Waals surface area contributed by atoms with Crippen LogP contribution in [0.25, 0.3) is 10.1 Å². The Morgan fingerprint density at radius 2 is 1.97 bits per heavy atom. The van der Waals surface area contributed by atoms with E-state index in [2.05, 4.69) is 54.0 Å². The molecule has 2 fully saturated rings. The summed E-state index contributed by atoms with van der Waals surface area (Å²) in [7, 11) is 0. The van der Waals surface area contributed by atoms with Gasteiger partial charge in [0, 0.05) is 23.4 Å². The minimum atomic E-state index is -0.0807. The van der Waals surface area contributed by atoms with Crippen molar-refractivity contribution in [3.8, 4) is 0 Å². The molecule has 0 bridgehead atoms. The largest absolute Gasteiger partial charge is 0.353 e. The number of thiophene rings is 1. The quantitative estimate of drug-likeness (QED) is 0.559. The van der Waals surface area contributed by atoms with Crippen LogP contribution in [-0.2, 0) is 4.79 Å². The van der Waals surface area contributed by atoms with Crippen LogP contribution in [-0.4, -0.2) is 36.3 Å². The second kappa shape index (κ2) is 9.07. The van der Waals surface area contributed by atoms with Crippen molar-refractivity contribution in [1.82, 2.24) is 10.2 Å². The van der Waals surface area contributed by atoms with Crippen LogP contribution in [0.15, 0.2) is 53.9 Å². The second-order valence-corrected chi connectivity index (χ2v) is 10.3. The predicted molar refractivity (Wildman–Crippen MR) is 130 cm³/mol. The third kappa shape index (κ3) is 4.31. The normalized spacial score (nSPS) is 22.2. The number of amides is 2. The fourth-order valence-corrected chi connectivity index (χ4v) is 6.57.